The number of hydrogen-bond donors (Lipinski definition) is 0. The van der Waals surface area contributed by atoms with Gasteiger partial charge in [0.15, 0.2) is 0 Å². The van der Waals surface area contributed by atoms with E-state index in [4.69, 9.17) is 0 Å². The van der Waals surface area contributed by atoms with Gasteiger partial charge in [-0.3, -0.25) is 4.79 Å². The van der Waals surface area contributed by atoms with Crippen LogP contribution >= 0.6 is 22.6 Å². The quantitative estimate of drug-likeness (QED) is 0.319. The Kier molecular flexibility index (Phi) is 6.88. The molecule has 0 aromatic rings. The molecule has 0 saturated carbocycles. The van der Waals surface area contributed by atoms with Crippen LogP contribution in [0.5, 0.6) is 0 Å². The average Bonchev–Trinajstić information content (AvgIpc) is 2.04. The Hall–Kier alpha value is 0.120. The van der Waals surface area contributed by atoms with E-state index >= 15 is 0 Å². The topological polar surface area (TPSA) is 49.4 Å². The molecule has 4 nitrogen and oxygen atoms in total. The van der Waals surface area contributed by atoms with Gasteiger partial charge in [-0.05, 0) is 6.92 Å². The molecule has 0 aromatic heterocycles. The summed E-state index contributed by atoms with van der Waals surface area (Å²) in [5.41, 5.74) is 0. The first-order valence-electron chi connectivity index (χ1n) is 3.34. The van der Waals surface area contributed by atoms with E-state index in [0.29, 0.717) is 11.0 Å². The molecule has 0 aliphatic heterocycles. The van der Waals surface area contributed by atoms with Crippen molar-refractivity contribution < 1.29 is 14.7 Å². The van der Waals surface area contributed by atoms with Gasteiger partial charge in [0.25, 0.3) is 0 Å². The van der Waals surface area contributed by atoms with Crippen molar-refractivity contribution in [2.24, 2.45) is 0 Å². The summed E-state index contributed by atoms with van der Waals surface area (Å²) in [6.45, 7) is 2.65. The van der Waals surface area contributed by atoms with Gasteiger partial charge in [-0.1, -0.05) is 22.6 Å². The van der Waals surface area contributed by atoms with E-state index in [9.17, 15) is 10.0 Å². The lowest BCUT2D eigenvalue weighted by Crippen LogP contribution is -2.23. The van der Waals surface area contributed by atoms with Crippen molar-refractivity contribution >= 4 is 28.6 Å². The highest BCUT2D eigenvalue weighted by atomic mass is 127. The third kappa shape index (κ3) is 6.52. The summed E-state index contributed by atoms with van der Waals surface area (Å²) in [4.78, 5) is 10.5. The maximum atomic E-state index is 10.6. The average molecular weight is 272 g/mol. The zero-order valence-corrected chi connectivity index (χ0v) is 8.54. The molecule has 65 valence electrons. The highest BCUT2D eigenvalue weighted by Crippen LogP contribution is 1.87. The molecule has 5 heteroatoms. The van der Waals surface area contributed by atoms with Gasteiger partial charge in [0, 0.05) is 6.54 Å². The highest BCUT2D eigenvalue weighted by molar-refractivity contribution is 14.1. The predicted octanol–water partition coefficient (Wildman–Crippen LogP) is 0.632. The lowest BCUT2D eigenvalue weighted by Gasteiger charge is -2.08. The summed E-state index contributed by atoms with van der Waals surface area (Å²) < 4.78 is 5.01. The number of nitrogens with zero attached hydrogens (tertiary/aromatic N) is 1. The van der Waals surface area contributed by atoms with E-state index in [1.54, 1.807) is 6.92 Å². The smallest absolute Gasteiger partial charge is 0.315 e. The lowest BCUT2D eigenvalue weighted by atomic mass is 10.6. The van der Waals surface area contributed by atoms with Crippen LogP contribution in [0.4, 0.5) is 0 Å². The zero-order chi connectivity index (χ0) is 8.69. The van der Waals surface area contributed by atoms with Crippen molar-refractivity contribution in [2.45, 2.75) is 6.92 Å². The summed E-state index contributed by atoms with van der Waals surface area (Å²) in [6, 6.07) is 0. The van der Waals surface area contributed by atoms with Gasteiger partial charge in [-0.15, -0.1) is 5.21 Å². The maximum absolute atomic E-state index is 10.6. The number of carbonyl (C=O) groups is 1. The van der Waals surface area contributed by atoms with Crippen molar-refractivity contribution in [1.82, 2.24) is 5.06 Å². The summed E-state index contributed by atoms with van der Waals surface area (Å²) >= 11 is 1.91. The van der Waals surface area contributed by atoms with Crippen LogP contribution in [0.15, 0.2) is 0 Å². The summed E-state index contributed by atoms with van der Waals surface area (Å²) in [6.07, 6.45) is 0. The van der Waals surface area contributed by atoms with E-state index < -0.39 is 0 Å². The fourth-order valence-electron chi connectivity index (χ4n) is 0.458. The molecule has 0 heterocycles. The Balaban J connectivity index is 3.20. The molecule has 11 heavy (non-hydrogen) atoms. The van der Waals surface area contributed by atoms with Crippen molar-refractivity contribution in [2.75, 3.05) is 24.1 Å². The van der Waals surface area contributed by atoms with E-state index in [-0.39, 0.29) is 19.1 Å². The monoisotopic (exact) mass is 272 g/mol. The minimum atomic E-state index is -0.268. The van der Waals surface area contributed by atoms with Gasteiger partial charge >= 0.3 is 5.97 Å². The van der Waals surface area contributed by atoms with E-state index in [1.165, 1.54) is 0 Å². The summed E-state index contributed by atoms with van der Waals surface area (Å²) in [7, 11) is 0. The number of esters is 1. The van der Waals surface area contributed by atoms with E-state index in [1.807, 2.05) is 22.6 Å². The normalized spacial score (nSPS) is 10.2. The Morgan fingerprint density at radius 2 is 2.27 bits per heavy atom. The predicted molar refractivity (Wildman–Crippen MR) is 47.8 cm³/mol. The molecule has 0 amide bonds. The molecule has 0 fully saturated rings. The zero-order valence-electron chi connectivity index (χ0n) is 6.38. The number of likely N-dealkylation sites (N-methyl/N-ethyl adjacent to an activating group) is 1. The third-order valence-corrected chi connectivity index (χ3v) is 1.69. The van der Waals surface area contributed by atoms with Gasteiger partial charge in [0.2, 0.25) is 0 Å². The molecule has 0 spiro atoms. The van der Waals surface area contributed by atoms with Crippen LogP contribution in [-0.2, 0) is 14.7 Å². The molecule has 0 atom stereocenters. The molecule has 0 aliphatic carbocycles. The first-order chi connectivity index (χ1) is 5.20. The first-order valence-corrected chi connectivity index (χ1v) is 4.87. The van der Waals surface area contributed by atoms with Gasteiger partial charge in [-0.2, -0.15) is 5.06 Å². The standard InChI is InChI=1S/C6H11INO3/c1-2-8(10)3-4-11-6(9)5-7/h2-5H2,1H3. The molecule has 0 aliphatic rings. The number of hydrogen-bond acceptors (Lipinski definition) is 3. The third-order valence-electron chi connectivity index (χ3n) is 1.07. The number of rotatable bonds is 5. The van der Waals surface area contributed by atoms with Crippen LogP contribution in [0, 0.1) is 0 Å². The number of hydroxylamine groups is 2. The van der Waals surface area contributed by atoms with Gasteiger partial charge in [0.1, 0.15) is 6.61 Å². The van der Waals surface area contributed by atoms with E-state index in [2.05, 4.69) is 4.74 Å². The van der Waals surface area contributed by atoms with Crippen LogP contribution in [-0.4, -0.2) is 35.2 Å². The molecule has 0 unspecified atom stereocenters. The number of ether oxygens (including phenoxy) is 1. The molecular formula is C6H11INO3. The van der Waals surface area contributed by atoms with Crippen molar-refractivity contribution in [3.8, 4) is 0 Å². The number of halogens is 1. The summed E-state index contributed by atoms with van der Waals surface area (Å²) in [5.74, 6) is -0.268. The Morgan fingerprint density at radius 1 is 1.64 bits per heavy atom. The van der Waals surface area contributed by atoms with Crippen molar-refractivity contribution in [3.63, 3.8) is 0 Å². The largest absolute Gasteiger partial charge is 0.464 e. The molecule has 0 bridgehead atoms. The minimum absolute atomic E-state index is 0.194. The fourth-order valence-corrected chi connectivity index (χ4v) is 0.678. The molecule has 1 radical (unpaired) electrons. The van der Waals surface area contributed by atoms with Crippen LogP contribution in [0.3, 0.4) is 0 Å². The van der Waals surface area contributed by atoms with Gasteiger partial charge in [0.05, 0.1) is 11.0 Å². The lowest BCUT2D eigenvalue weighted by molar-refractivity contribution is -0.166. The van der Waals surface area contributed by atoms with Crippen LogP contribution in [0.2, 0.25) is 0 Å². The molecular weight excluding hydrogens is 261 g/mol. The molecule has 0 rings (SSSR count). The Bertz CT molecular complexity index is 120. The summed E-state index contributed by atoms with van der Waals surface area (Å²) in [5, 5.41) is 11.5. The second-order valence-electron chi connectivity index (χ2n) is 1.88. The van der Waals surface area contributed by atoms with Crippen molar-refractivity contribution in [1.29, 1.82) is 0 Å². The Morgan fingerprint density at radius 3 is 2.73 bits per heavy atom. The number of alkyl halides is 1. The van der Waals surface area contributed by atoms with Gasteiger partial charge < -0.3 is 4.74 Å². The van der Waals surface area contributed by atoms with Crippen LogP contribution in [0.25, 0.3) is 0 Å². The fraction of sp³-hybridized carbons (Fsp3) is 0.833. The SMILES string of the molecule is CCN([O])CCOC(=O)CI. The maximum Gasteiger partial charge on any atom is 0.315 e. The second kappa shape index (κ2) is 6.81. The molecule has 0 saturated heterocycles. The highest BCUT2D eigenvalue weighted by Gasteiger charge is 2.01. The number of carbonyl (C=O) groups excluding carboxylic acids is 1. The molecule has 0 N–H and O–H groups in total. The minimum Gasteiger partial charge on any atom is -0.464 e. The van der Waals surface area contributed by atoms with Crippen molar-refractivity contribution in [3.05, 3.63) is 0 Å². The first kappa shape index (κ1) is 11.1. The van der Waals surface area contributed by atoms with Gasteiger partial charge in [-0.25, -0.2) is 0 Å². The van der Waals surface area contributed by atoms with Crippen LogP contribution in [0.1, 0.15) is 6.92 Å². The Labute approximate surface area is 79.6 Å². The van der Waals surface area contributed by atoms with E-state index in [0.717, 1.165) is 5.06 Å². The van der Waals surface area contributed by atoms with Crippen LogP contribution < -0.4 is 0 Å². The molecule has 0 aromatic carbocycles. The second-order valence-corrected chi connectivity index (χ2v) is 2.64.